The third-order valence-electron chi connectivity index (χ3n) is 6.09. The van der Waals surface area contributed by atoms with E-state index >= 15 is 0 Å². The Balaban J connectivity index is 1.93. The number of benzene rings is 3. The highest BCUT2D eigenvalue weighted by atomic mass is 32.2. The van der Waals surface area contributed by atoms with Gasteiger partial charge < -0.3 is 4.74 Å². The van der Waals surface area contributed by atoms with E-state index in [4.69, 9.17) is 9.84 Å². The van der Waals surface area contributed by atoms with Gasteiger partial charge in [0.1, 0.15) is 5.75 Å². The van der Waals surface area contributed by atoms with Crippen molar-refractivity contribution in [3.63, 3.8) is 0 Å². The second kappa shape index (κ2) is 8.95. The molecule has 1 atom stereocenters. The molecule has 1 amide bonds. The zero-order chi connectivity index (χ0) is 23.8. The molecule has 5 rings (SSSR count). The standard InChI is InChI=1S/C26H24N4O3S/c1-4-9-21(31)29-19-13-8-7-12-18(19)23-24(32)27-26(34-3)28-30(23)25(29)22-17-11-6-5-10-16(17)14-15-20(22)33-2/h5-8,10-15,25H,4,9H2,1-3H3/p+1/t25-/m1/s1. The number of amides is 1. The Morgan fingerprint density at radius 2 is 1.91 bits per heavy atom. The lowest BCUT2D eigenvalue weighted by atomic mass is 9.96. The Morgan fingerprint density at radius 3 is 2.68 bits per heavy atom. The summed E-state index contributed by atoms with van der Waals surface area (Å²) in [6, 6.07) is 19.4. The monoisotopic (exact) mass is 473 g/mol. The van der Waals surface area contributed by atoms with Crippen molar-refractivity contribution in [3.8, 4) is 17.0 Å². The number of nitrogens with one attached hydrogen (secondary N) is 1. The zero-order valence-corrected chi connectivity index (χ0v) is 20.1. The largest absolute Gasteiger partial charge is 0.496 e. The first kappa shape index (κ1) is 22.2. The fraction of sp³-hybridized carbons (Fsp3) is 0.231. The molecule has 0 bridgehead atoms. The first-order chi connectivity index (χ1) is 16.6. The van der Waals surface area contributed by atoms with Crippen LogP contribution in [0, 0.1) is 0 Å². The Kier molecular flexibility index (Phi) is 5.83. The number of nitrogens with zero attached hydrogens (tertiary/aromatic N) is 3. The van der Waals surface area contributed by atoms with Gasteiger partial charge in [-0.2, -0.15) is 0 Å². The summed E-state index contributed by atoms with van der Waals surface area (Å²) < 4.78 is 7.50. The van der Waals surface area contributed by atoms with Crippen LogP contribution in [-0.4, -0.2) is 29.4 Å². The molecule has 1 aliphatic heterocycles. The van der Waals surface area contributed by atoms with E-state index in [1.54, 1.807) is 16.7 Å². The normalized spacial score (nSPS) is 14.6. The molecular formula is C26H25N4O3S+. The zero-order valence-electron chi connectivity index (χ0n) is 19.2. The van der Waals surface area contributed by atoms with Crippen molar-refractivity contribution in [2.45, 2.75) is 31.1 Å². The number of carbonyl (C=O) groups excluding carboxylic acids is 1. The molecule has 0 radical (unpaired) electrons. The van der Waals surface area contributed by atoms with Gasteiger partial charge in [-0.3, -0.25) is 14.6 Å². The van der Waals surface area contributed by atoms with Crippen LogP contribution in [0.4, 0.5) is 5.69 Å². The first-order valence-electron chi connectivity index (χ1n) is 11.2. The number of hydrogen-bond donors (Lipinski definition) is 1. The van der Waals surface area contributed by atoms with Crippen molar-refractivity contribution < 1.29 is 14.2 Å². The van der Waals surface area contributed by atoms with Gasteiger partial charge in [0.2, 0.25) is 11.1 Å². The topological polar surface area (TPSA) is 79.2 Å². The lowest BCUT2D eigenvalue weighted by Crippen LogP contribution is -2.61. The highest BCUT2D eigenvalue weighted by Crippen LogP contribution is 2.42. The number of hydrogen-bond acceptors (Lipinski definition) is 5. The Labute approximate surface area is 201 Å². The van der Waals surface area contributed by atoms with E-state index < -0.39 is 6.17 Å². The van der Waals surface area contributed by atoms with Crippen LogP contribution < -0.4 is 19.9 Å². The number of thioether (sulfide) groups is 1. The van der Waals surface area contributed by atoms with Gasteiger partial charge in [-0.15, -0.1) is 0 Å². The number of H-pyrrole nitrogens is 1. The average Bonchev–Trinajstić information content (AvgIpc) is 2.87. The molecular weight excluding hydrogens is 448 g/mol. The number of ether oxygens (including phenoxy) is 1. The molecule has 0 saturated carbocycles. The summed E-state index contributed by atoms with van der Waals surface area (Å²) in [5.74, 6) is 0.587. The molecule has 0 aliphatic carbocycles. The van der Waals surface area contributed by atoms with Crippen LogP contribution in [0.2, 0.25) is 0 Å². The van der Waals surface area contributed by atoms with Gasteiger partial charge in [0.25, 0.3) is 6.17 Å². The Hall–Kier alpha value is -3.65. The molecule has 2 heterocycles. The van der Waals surface area contributed by atoms with Gasteiger partial charge in [-0.25, -0.2) is 4.90 Å². The van der Waals surface area contributed by atoms with Gasteiger partial charge >= 0.3 is 11.3 Å². The van der Waals surface area contributed by atoms with E-state index in [9.17, 15) is 9.59 Å². The molecule has 4 aromatic rings. The fourth-order valence-electron chi connectivity index (χ4n) is 4.65. The molecule has 0 saturated heterocycles. The number of rotatable bonds is 5. The predicted molar refractivity (Wildman–Crippen MR) is 133 cm³/mol. The quantitative estimate of drug-likeness (QED) is 0.345. The predicted octanol–water partition coefficient (Wildman–Crippen LogP) is 4.30. The second-order valence-corrected chi connectivity index (χ2v) is 8.86. The maximum Gasteiger partial charge on any atom is 0.325 e. The van der Waals surface area contributed by atoms with Crippen LogP contribution in [0.1, 0.15) is 31.5 Å². The lowest BCUT2D eigenvalue weighted by molar-refractivity contribution is -0.763. The summed E-state index contributed by atoms with van der Waals surface area (Å²) in [6.07, 6.45) is 2.23. The van der Waals surface area contributed by atoms with Gasteiger partial charge in [-0.1, -0.05) is 61.2 Å². The molecule has 0 spiro atoms. The molecule has 1 N–H and O–H groups in total. The summed E-state index contributed by atoms with van der Waals surface area (Å²) in [6.45, 7) is 1.98. The number of para-hydroxylation sites is 1. The number of carbonyl (C=O) groups is 1. The van der Waals surface area contributed by atoms with Crippen LogP contribution in [0.3, 0.4) is 0 Å². The number of anilines is 1. The van der Waals surface area contributed by atoms with Crippen molar-refractivity contribution in [1.82, 2.24) is 10.1 Å². The van der Waals surface area contributed by atoms with Crippen LogP contribution in [0.15, 0.2) is 70.6 Å². The molecule has 1 aliphatic rings. The average molecular weight is 474 g/mol. The van der Waals surface area contributed by atoms with E-state index in [1.807, 2.05) is 73.8 Å². The van der Waals surface area contributed by atoms with Crippen LogP contribution >= 0.6 is 11.8 Å². The van der Waals surface area contributed by atoms with Crippen molar-refractivity contribution >= 4 is 34.1 Å². The van der Waals surface area contributed by atoms with E-state index in [0.29, 0.717) is 40.7 Å². The summed E-state index contributed by atoms with van der Waals surface area (Å²) in [4.78, 5) is 31.7. The molecule has 3 aromatic carbocycles. The maximum atomic E-state index is 13.7. The van der Waals surface area contributed by atoms with Crippen LogP contribution in [0.5, 0.6) is 5.75 Å². The summed E-state index contributed by atoms with van der Waals surface area (Å²) in [7, 11) is 1.62. The summed E-state index contributed by atoms with van der Waals surface area (Å²) >= 11 is 1.35. The van der Waals surface area contributed by atoms with Crippen molar-refractivity contribution in [1.29, 1.82) is 0 Å². The van der Waals surface area contributed by atoms with Gasteiger partial charge in [-0.05, 0) is 46.3 Å². The van der Waals surface area contributed by atoms with Crippen molar-refractivity contribution in [3.05, 3.63) is 76.6 Å². The Bertz CT molecular complexity index is 1470. The molecule has 172 valence electrons. The number of aromatic amines is 1. The Morgan fingerprint density at radius 1 is 1.15 bits per heavy atom. The SMILES string of the molecule is CCCC(=O)N1c2ccccc2-c2c(=O)[nH]c(SC)n[n+]2[C@@H]1c1c(OC)ccc2ccccc12. The summed E-state index contributed by atoms with van der Waals surface area (Å²) in [5.41, 5.74) is 2.30. The minimum absolute atomic E-state index is 0.0409. The second-order valence-electron chi connectivity index (χ2n) is 8.06. The first-order valence-corrected chi connectivity index (χ1v) is 12.4. The van der Waals surface area contributed by atoms with Crippen LogP contribution in [0.25, 0.3) is 22.0 Å². The molecule has 1 aromatic heterocycles. The van der Waals surface area contributed by atoms with Gasteiger partial charge in [0.15, 0.2) is 0 Å². The van der Waals surface area contributed by atoms with E-state index in [2.05, 4.69) is 4.98 Å². The number of methoxy groups -OCH3 is 1. The smallest absolute Gasteiger partial charge is 0.325 e. The minimum atomic E-state index is -0.696. The van der Waals surface area contributed by atoms with E-state index in [0.717, 1.165) is 16.3 Å². The third kappa shape index (κ3) is 3.45. The minimum Gasteiger partial charge on any atom is -0.496 e. The molecule has 34 heavy (non-hydrogen) atoms. The fourth-order valence-corrected chi connectivity index (χ4v) is 5.01. The number of aromatic nitrogens is 3. The molecule has 0 unspecified atom stereocenters. The molecule has 0 fully saturated rings. The highest BCUT2D eigenvalue weighted by Gasteiger charge is 2.47. The maximum absolute atomic E-state index is 13.7. The number of fused-ring (bicyclic) bond motifs is 4. The van der Waals surface area contributed by atoms with Crippen LogP contribution in [-0.2, 0) is 4.79 Å². The van der Waals surface area contributed by atoms with Crippen molar-refractivity contribution in [2.24, 2.45) is 0 Å². The van der Waals surface area contributed by atoms with Gasteiger partial charge in [0.05, 0.1) is 23.9 Å². The van der Waals surface area contributed by atoms with E-state index in [1.165, 1.54) is 11.8 Å². The van der Waals surface area contributed by atoms with Crippen molar-refractivity contribution in [2.75, 3.05) is 18.3 Å². The molecule has 7 nitrogen and oxygen atoms in total. The highest BCUT2D eigenvalue weighted by molar-refractivity contribution is 7.98. The molecule has 8 heteroatoms. The summed E-state index contributed by atoms with van der Waals surface area (Å²) in [5, 5.41) is 7.22. The van der Waals surface area contributed by atoms with E-state index in [-0.39, 0.29) is 11.5 Å². The lowest BCUT2D eigenvalue weighted by Gasteiger charge is -2.33. The third-order valence-corrected chi connectivity index (χ3v) is 6.66. The van der Waals surface area contributed by atoms with Gasteiger partial charge in [0, 0.05) is 11.5 Å².